The number of aliphatic carboxylic acids is 1. The van der Waals surface area contributed by atoms with Gasteiger partial charge >= 0.3 is 5.97 Å². The lowest BCUT2D eigenvalue weighted by Gasteiger charge is -2.12. The largest absolute Gasteiger partial charge is 0.481 e. The number of hydrogen-bond donors (Lipinski definition) is 3. The summed E-state index contributed by atoms with van der Waals surface area (Å²) in [5, 5.41) is 23.4. The molecule has 0 spiro atoms. The third-order valence-corrected chi connectivity index (χ3v) is 6.53. The summed E-state index contributed by atoms with van der Waals surface area (Å²) in [6.45, 7) is 3.89. The molecule has 0 saturated carbocycles. The zero-order chi connectivity index (χ0) is 24.2. The molecule has 0 aliphatic rings. The number of para-hydroxylation sites is 1. The molecule has 0 aliphatic heterocycles. The average Bonchev–Trinajstić information content (AvgIpc) is 3.12. The Kier molecular flexibility index (Phi) is 7.64. The van der Waals surface area contributed by atoms with Crippen molar-refractivity contribution in [1.29, 1.82) is 0 Å². The van der Waals surface area contributed by atoms with Crippen LogP contribution >= 0.6 is 7.37 Å². The lowest BCUT2D eigenvalue weighted by atomic mass is 10.00. The number of carboxylic acids is 1. The van der Waals surface area contributed by atoms with Crippen LogP contribution in [0.2, 0.25) is 0 Å². The molecule has 0 radical (unpaired) electrons. The molecule has 1 aromatic heterocycles. The van der Waals surface area contributed by atoms with Crippen LogP contribution in [0.3, 0.4) is 0 Å². The van der Waals surface area contributed by atoms with Crippen LogP contribution in [-0.4, -0.2) is 43.1 Å². The van der Waals surface area contributed by atoms with Gasteiger partial charge in [-0.1, -0.05) is 32.0 Å². The van der Waals surface area contributed by atoms with Crippen LogP contribution in [0.5, 0.6) is 0 Å². The topological polar surface area (TPSA) is 113 Å². The molecule has 33 heavy (non-hydrogen) atoms. The van der Waals surface area contributed by atoms with Crippen LogP contribution in [0.1, 0.15) is 37.4 Å². The van der Waals surface area contributed by atoms with E-state index in [1.165, 1.54) is 18.2 Å². The summed E-state index contributed by atoms with van der Waals surface area (Å²) >= 11 is 0. The Labute approximate surface area is 191 Å². The minimum Gasteiger partial charge on any atom is -0.481 e. The van der Waals surface area contributed by atoms with E-state index in [1.807, 2.05) is 44.2 Å². The van der Waals surface area contributed by atoms with Gasteiger partial charge in [0.05, 0.1) is 35.8 Å². The normalized spacial score (nSPS) is 14.5. The van der Waals surface area contributed by atoms with E-state index in [0.29, 0.717) is 22.5 Å². The van der Waals surface area contributed by atoms with Gasteiger partial charge in [-0.05, 0) is 48.4 Å². The Morgan fingerprint density at radius 1 is 1.15 bits per heavy atom. The van der Waals surface area contributed by atoms with Crippen LogP contribution < -0.4 is 0 Å². The number of rotatable bonds is 9. The molecule has 0 saturated heterocycles. The van der Waals surface area contributed by atoms with E-state index >= 15 is 0 Å². The first-order valence-corrected chi connectivity index (χ1v) is 12.3. The molecule has 3 N–H and O–H groups in total. The minimum absolute atomic E-state index is 0.0375. The predicted octanol–water partition coefficient (Wildman–Crippen LogP) is 4.88. The maximum absolute atomic E-state index is 13.6. The smallest absolute Gasteiger partial charge is 0.305 e. The monoisotopic (exact) mass is 472 g/mol. The first-order chi connectivity index (χ1) is 15.6. The predicted molar refractivity (Wildman–Crippen MR) is 125 cm³/mol. The molecule has 0 amide bonds. The molecular weight excluding hydrogens is 446 g/mol. The number of aromatic nitrogens is 2. The second-order valence-electron chi connectivity index (χ2n) is 8.06. The van der Waals surface area contributed by atoms with Crippen molar-refractivity contribution in [2.75, 3.05) is 6.16 Å². The summed E-state index contributed by atoms with van der Waals surface area (Å²) < 4.78 is 28.0. The first-order valence-electron chi connectivity index (χ1n) is 10.4. The maximum Gasteiger partial charge on any atom is 0.305 e. The van der Waals surface area contributed by atoms with E-state index in [1.54, 1.807) is 16.8 Å². The number of aliphatic hydroxyl groups excluding tert-OH is 1. The summed E-state index contributed by atoms with van der Waals surface area (Å²) in [6, 6.07) is 15.2. The third-order valence-electron chi connectivity index (χ3n) is 4.97. The fraction of sp³-hybridized carbons (Fsp3) is 0.250. The van der Waals surface area contributed by atoms with E-state index in [0.717, 1.165) is 11.5 Å². The average molecular weight is 472 g/mol. The summed E-state index contributed by atoms with van der Waals surface area (Å²) in [6.07, 6.45) is -1.17. The molecule has 1 heterocycles. The van der Waals surface area contributed by atoms with Crippen molar-refractivity contribution < 1.29 is 28.9 Å². The van der Waals surface area contributed by atoms with Crippen molar-refractivity contribution in [2.24, 2.45) is 0 Å². The van der Waals surface area contributed by atoms with Gasteiger partial charge in [0, 0.05) is 16.9 Å². The highest BCUT2D eigenvalue weighted by Crippen LogP contribution is 2.45. The fourth-order valence-corrected chi connectivity index (χ4v) is 4.74. The molecular formula is C24H26FN2O5P. The lowest BCUT2D eigenvalue weighted by Crippen LogP contribution is -2.16. The van der Waals surface area contributed by atoms with Gasteiger partial charge in [-0.25, -0.2) is 9.07 Å². The molecule has 174 valence electrons. The Balaban J connectivity index is 2.14. The second-order valence-corrected chi connectivity index (χ2v) is 10.2. The Hall–Kier alpha value is -3.06. The van der Waals surface area contributed by atoms with Crippen LogP contribution in [0.25, 0.3) is 23.0 Å². The molecule has 3 aromatic rings. The van der Waals surface area contributed by atoms with Crippen molar-refractivity contribution in [3.8, 4) is 16.9 Å². The molecule has 7 nitrogen and oxygen atoms in total. The van der Waals surface area contributed by atoms with Crippen LogP contribution in [0.15, 0.2) is 60.4 Å². The summed E-state index contributed by atoms with van der Waals surface area (Å²) in [4.78, 5) is 21.1. The number of nitrogens with zero attached hydrogens (tertiary/aromatic N) is 2. The quantitative estimate of drug-likeness (QED) is 0.383. The number of halogens is 1. The van der Waals surface area contributed by atoms with Crippen molar-refractivity contribution in [2.45, 2.75) is 32.3 Å². The highest BCUT2D eigenvalue weighted by molar-refractivity contribution is 7.61. The number of carbonyl (C=O) groups is 1. The molecule has 1 unspecified atom stereocenters. The molecule has 3 rings (SSSR count). The third kappa shape index (κ3) is 6.26. The van der Waals surface area contributed by atoms with Gasteiger partial charge < -0.3 is 15.1 Å². The Morgan fingerprint density at radius 3 is 2.36 bits per heavy atom. The van der Waals surface area contributed by atoms with Gasteiger partial charge in [-0.15, -0.1) is 0 Å². The van der Waals surface area contributed by atoms with Gasteiger partial charge in [0.25, 0.3) is 0 Å². The van der Waals surface area contributed by atoms with Crippen LogP contribution in [0, 0.1) is 5.82 Å². The zero-order valence-electron chi connectivity index (χ0n) is 18.3. The first kappa shape index (κ1) is 24.6. The minimum atomic E-state index is -3.99. The van der Waals surface area contributed by atoms with Gasteiger partial charge in [-0.2, -0.15) is 5.10 Å². The molecule has 0 bridgehead atoms. The highest BCUT2D eigenvalue weighted by Gasteiger charge is 2.25. The fourth-order valence-electron chi connectivity index (χ4n) is 3.50. The number of carboxylic acid groups (broad SMARTS) is 1. The number of benzene rings is 2. The molecule has 9 heteroatoms. The van der Waals surface area contributed by atoms with E-state index in [-0.39, 0.29) is 5.92 Å². The Morgan fingerprint density at radius 2 is 1.79 bits per heavy atom. The summed E-state index contributed by atoms with van der Waals surface area (Å²) in [5.74, 6) is -0.581. The van der Waals surface area contributed by atoms with Crippen LogP contribution in [0.4, 0.5) is 4.39 Å². The molecule has 0 fully saturated rings. The molecule has 0 aliphatic carbocycles. The van der Waals surface area contributed by atoms with E-state index < -0.39 is 37.8 Å². The standard InChI is InChI=1S/C24H26FN2O5P/c1-16(2)23-21(12-13-33(31,32)15-20(28)14-22(29)30)24(17-8-10-18(25)11-9-17)27(26-23)19-6-4-3-5-7-19/h3-13,16,20,28H,14-15H2,1-2H3,(H,29,30)(H,31,32)/b13-12+/t20-/m0/s1. The number of aliphatic hydroxyl groups is 1. The van der Waals surface area contributed by atoms with Gasteiger partial charge in [-0.3, -0.25) is 9.36 Å². The SMILES string of the molecule is CC(C)c1nn(-c2ccccc2)c(-c2ccc(F)cc2)c1/C=C/P(=O)(O)C[C@@H](O)CC(=O)O. The zero-order valence-corrected chi connectivity index (χ0v) is 19.2. The van der Waals surface area contributed by atoms with Crippen molar-refractivity contribution in [3.63, 3.8) is 0 Å². The van der Waals surface area contributed by atoms with Gasteiger partial charge in [0.15, 0.2) is 0 Å². The van der Waals surface area contributed by atoms with E-state index in [4.69, 9.17) is 10.2 Å². The molecule has 2 aromatic carbocycles. The van der Waals surface area contributed by atoms with Crippen molar-refractivity contribution >= 4 is 19.4 Å². The van der Waals surface area contributed by atoms with Crippen LogP contribution in [-0.2, 0) is 9.36 Å². The molecule has 2 atom stereocenters. The highest BCUT2D eigenvalue weighted by atomic mass is 31.2. The second kappa shape index (κ2) is 10.3. The van der Waals surface area contributed by atoms with Crippen molar-refractivity contribution in [1.82, 2.24) is 9.78 Å². The lowest BCUT2D eigenvalue weighted by molar-refractivity contribution is -0.138. The van der Waals surface area contributed by atoms with Gasteiger partial charge in [0.1, 0.15) is 5.82 Å². The van der Waals surface area contributed by atoms with Crippen molar-refractivity contribution in [3.05, 3.63) is 77.5 Å². The summed E-state index contributed by atoms with van der Waals surface area (Å²) in [5.41, 5.74) is 3.30. The van der Waals surface area contributed by atoms with E-state index in [2.05, 4.69) is 0 Å². The van der Waals surface area contributed by atoms with E-state index in [9.17, 15) is 23.7 Å². The maximum atomic E-state index is 13.6. The number of hydrogen-bond acceptors (Lipinski definition) is 4. The Bertz CT molecular complexity index is 1190. The summed E-state index contributed by atoms with van der Waals surface area (Å²) in [7, 11) is -3.99. The van der Waals surface area contributed by atoms with Gasteiger partial charge in [0.2, 0.25) is 7.37 Å².